The van der Waals surface area contributed by atoms with E-state index in [-0.39, 0.29) is 17.3 Å². The van der Waals surface area contributed by atoms with E-state index in [2.05, 4.69) is 63.7 Å². The number of phenolic OH excluding ortho intramolecular Hbond substituents is 2. The Morgan fingerprint density at radius 1 is 0.688 bits per heavy atom. The van der Waals surface area contributed by atoms with Crippen molar-refractivity contribution in [3.63, 3.8) is 0 Å². The van der Waals surface area contributed by atoms with Crippen LogP contribution in [0.5, 0.6) is 23.0 Å². The van der Waals surface area contributed by atoms with Gasteiger partial charge in [0.25, 0.3) is 0 Å². The van der Waals surface area contributed by atoms with Gasteiger partial charge in [0.05, 0.1) is 79.1 Å². The summed E-state index contributed by atoms with van der Waals surface area (Å²) in [6.07, 6.45) is 4.77. The lowest BCUT2D eigenvalue weighted by molar-refractivity contribution is -0.120. The van der Waals surface area contributed by atoms with Gasteiger partial charge in [-0.15, -0.1) is 0 Å². The first kappa shape index (κ1) is 34.5. The van der Waals surface area contributed by atoms with Crippen molar-refractivity contribution >= 4 is 80.8 Å². The molecule has 2 aromatic carbocycles. The van der Waals surface area contributed by atoms with Gasteiger partial charge in [-0.2, -0.15) is 0 Å². The molecular formula is C35H30Br4N4O5. The topological polar surface area (TPSA) is 111 Å². The number of aromatic nitrogens is 4. The second-order valence-corrected chi connectivity index (χ2v) is 14.5. The summed E-state index contributed by atoms with van der Waals surface area (Å²) in [5, 5.41) is 21.4. The van der Waals surface area contributed by atoms with E-state index < -0.39 is 11.8 Å². The van der Waals surface area contributed by atoms with Crippen LogP contribution in [0, 0.1) is 0 Å². The highest BCUT2D eigenvalue weighted by Crippen LogP contribution is 2.45. The number of Topliss-reactive ketones (excluding diaryl/α,β-unsaturated/α-hetero) is 1. The molecule has 0 radical (unpaired) electrons. The molecule has 0 fully saturated rings. The summed E-state index contributed by atoms with van der Waals surface area (Å²) in [6.45, 7) is 4.01. The molecule has 0 spiro atoms. The number of ketones is 1. The molecule has 4 heterocycles. The number of ether oxygens (including phenoxy) is 2. The molecule has 0 aliphatic rings. The second kappa shape index (κ2) is 13.9. The van der Waals surface area contributed by atoms with Gasteiger partial charge in [-0.3, -0.25) is 13.6 Å². The lowest BCUT2D eigenvalue weighted by Crippen LogP contribution is -2.26. The van der Waals surface area contributed by atoms with Crippen LogP contribution in [0.15, 0.2) is 78.8 Å². The van der Waals surface area contributed by atoms with Crippen LogP contribution < -0.4 is 9.47 Å². The molecule has 248 valence electrons. The minimum atomic E-state index is -0.896. The smallest absolute Gasteiger partial charge is 0.159 e. The van der Waals surface area contributed by atoms with Crippen LogP contribution in [-0.4, -0.2) is 49.0 Å². The molecule has 6 aromatic rings. The Bertz CT molecular complexity index is 2010. The fourth-order valence-corrected chi connectivity index (χ4v) is 8.59. The highest BCUT2D eigenvalue weighted by atomic mass is 79.9. The van der Waals surface area contributed by atoms with E-state index in [0.717, 1.165) is 11.4 Å². The lowest BCUT2D eigenvalue weighted by atomic mass is 9.79. The number of pyridine rings is 2. The van der Waals surface area contributed by atoms with Gasteiger partial charge in [0, 0.05) is 0 Å². The van der Waals surface area contributed by atoms with Gasteiger partial charge >= 0.3 is 0 Å². The number of nitrogens with zero attached hydrogens (tertiary/aromatic N) is 4. The fourth-order valence-electron chi connectivity index (χ4n) is 6.14. The Balaban J connectivity index is 1.73. The number of halogens is 4. The van der Waals surface area contributed by atoms with Crippen molar-refractivity contribution in [3.05, 3.63) is 113 Å². The van der Waals surface area contributed by atoms with Gasteiger partial charge in [0.2, 0.25) is 0 Å². The van der Waals surface area contributed by atoms with E-state index in [0.29, 0.717) is 76.0 Å². The summed E-state index contributed by atoms with van der Waals surface area (Å²) in [4.78, 5) is 25.7. The second-order valence-electron chi connectivity index (χ2n) is 11.1. The Kier molecular flexibility index (Phi) is 9.95. The van der Waals surface area contributed by atoms with Gasteiger partial charge in [-0.25, -0.2) is 9.97 Å². The number of hydrogen-bond acceptors (Lipinski definition) is 7. The molecule has 2 atom stereocenters. The summed E-state index contributed by atoms with van der Waals surface area (Å²) in [6, 6.07) is 14.5. The van der Waals surface area contributed by atoms with E-state index >= 15 is 4.79 Å². The Morgan fingerprint density at radius 3 is 1.35 bits per heavy atom. The zero-order chi connectivity index (χ0) is 34.4. The number of fused-ring (bicyclic) bond motifs is 2. The predicted molar refractivity (Wildman–Crippen MR) is 198 cm³/mol. The van der Waals surface area contributed by atoms with Crippen LogP contribution in [0.1, 0.15) is 59.6 Å². The summed E-state index contributed by atoms with van der Waals surface area (Å²) in [7, 11) is 3.19. The molecule has 0 bridgehead atoms. The van der Waals surface area contributed by atoms with Crippen molar-refractivity contribution in [3.8, 4) is 23.0 Å². The van der Waals surface area contributed by atoms with Crippen LogP contribution in [0.4, 0.5) is 0 Å². The number of aryl methyl sites for hydroxylation is 2. The number of rotatable bonds is 10. The summed E-state index contributed by atoms with van der Waals surface area (Å²) in [5.74, 6) is -0.722. The van der Waals surface area contributed by atoms with Crippen LogP contribution in [0.25, 0.3) is 11.3 Å². The Hall–Kier alpha value is -3.39. The minimum Gasteiger partial charge on any atom is -0.506 e. The van der Waals surface area contributed by atoms with Crippen molar-refractivity contribution in [2.24, 2.45) is 0 Å². The normalized spacial score (nSPS) is 12.8. The summed E-state index contributed by atoms with van der Waals surface area (Å²) in [5.41, 5.74) is 5.41. The van der Waals surface area contributed by atoms with Gasteiger partial charge in [-0.05, 0) is 136 Å². The molecule has 0 saturated heterocycles. The minimum absolute atomic E-state index is 0.0190. The molecule has 2 unspecified atom stereocenters. The van der Waals surface area contributed by atoms with Crippen LogP contribution >= 0.6 is 63.7 Å². The maximum absolute atomic E-state index is 15.9. The Morgan fingerprint density at radius 2 is 1.04 bits per heavy atom. The van der Waals surface area contributed by atoms with Crippen molar-refractivity contribution in [1.29, 1.82) is 0 Å². The van der Waals surface area contributed by atoms with Gasteiger partial charge in [-0.1, -0.05) is 13.8 Å². The molecule has 2 N–H and O–H groups in total. The molecule has 48 heavy (non-hydrogen) atoms. The molecule has 13 heteroatoms. The first-order valence-electron chi connectivity index (χ1n) is 15.0. The maximum Gasteiger partial charge on any atom is 0.159 e. The average Bonchev–Trinajstić information content (AvgIpc) is 3.63. The standard InChI is InChI=1S/C35H30Br4N4O5/c1-5-25-31(42-15-19(47-3)7-9-27(42)40-25)29(17-11-21(36)33(44)22(37)12-17)35(46)30(18-13-23(38)34(45)24(39)14-18)32-26(6-2)41-28-10-8-20(48-4)16-43(28)32/h7-16,29-30,44-45H,5-6H2,1-4H3. The molecule has 0 aliphatic heterocycles. The number of carbonyl (C=O) groups is 1. The van der Waals surface area contributed by atoms with E-state index in [1.54, 1.807) is 38.5 Å². The highest BCUT2D eigenvalue weighted by Gasteiger charge is 2.39. The molecular weight excluding hydrogens is 876 g/mol. The van der Waals surface area contributed by atoms with Gasteiger partial charge in [0.15, 0.2) is 5.78 Å². The van der Waals surface area contributed by atoms with Crippen LogP contribution in [0.2, 0.25) is 0 Å². The van der Waals surface area contributed by atoms with E-state index in [1.165, 1.54) is 0 Å². The molecule has 0 amide bonds. The van der Waals surface area contributed by atoms with Crippen LogP contribution in [-0.2, 0) is 17.6 Å². The quantitative estimate of drug-likeness (QED) is 0.141. The zero-order valence-corrected chi connectivity index (χ0v) is 32.6. The molecule has 9 nitrogen and oxygen atoms in total. The fraction of sp³-hybridized carbons (Fsp3) is 0.229. The summed E-state index contributed by atoms with van der Waals surface area (Å²) < 4.78 is 16.7. The third-order valence-corrected chi connectivity index (χ3v) is 10.8. The molecule has 6 rings (SSSR count). The third kappa shape index (κ3) is 6.03. The number of methoxy groups -OCH3 is 2. The number of phenols is 2. The monoisotopic (exact) mass is 902 g/mol. The molecule has 0 saturated carbocycles. The number of benzene rings is 2. The first-order chi connectivity index (χ1) is 23.0. The zero-order valence-electron chi connectivity index (χ0n) is 26.3. The largest absolute Gasteiger partial charge is 0.506 e. The highest BCUT2D eigenvalue weighted by molar-refractivity contribution is 9.11. The van der Waals surface area contributed by atoms with Crippen molar-refractivity contribution < 1.29 is 24.5 Å². The van der Waals surface area contributed by atoms with Crippen molar-refractivity contribution in [2.75, 3.05) is 14.2 Å². The van der Waals surface area contributed by atoms with E-state index in [4.69, 9.17) is 19.4 Å². The number of carbonyl (C=O) groups excluding carboxylic acids is 1. The maximum atomic E-state index is 15.9. The number of hydrogen-bond donors (Lipinski definition) is 2. The first-order valence-corrected chi connectivity index (χ1v) is 18.2. The van der Waals surface area contributed by atoms with Crippen LogP contribution in [0.3, 0.4) is 0 Å². The predicted octanol–water partition coefficient (Wildman–Crippen LogP) is 9.12. The lowest BCUT2D eigenvalue weighted by Gasteiger charge is -2.26. The van der Waals surface area contributed by atoms with Gasteiger partial charge in [0.1, 0.15) is 34.3 Å². The average molecular weight is 906 g/mol. The third-order valence-electron chi connectivity index (χ3n) is 8.41. The van der Waals surface area contributed by atoms with E-state index in [1.807, 2.05) is 59.3 Å². The SMILES string of the molecule is CCc1nc2ccc(OC)cn2c1C(C(=O)C(c1cc(Br)c(O)c(Br)c1)c1c(CC)nc2ccc(OC)cn12)c1cc(Br)c(O)c(Br)c1. The molecule has 0 aliphatic carbocycles. The van der Waals surface area contributed by atoms with E-state index in [9.17, 15) is 10.2 Å². The Labute approximate surface area is 310 Å². The summed E-state index contributed by atoms with van der Waals surface area (Å²) >= 11 is 14.0. The number of aromatic hydroxyl groups is 2. The number of imidazole rings is 2. The van der Waals surface area contributed by atoms with Crippen molar-refractivity contribution in [2.45, 2.75) is 38.5 Å². The van der Waals surface area contributed by atoms with Gasteiger partial charge < -0.3 is 19.7 Å². The van der Waals surface area contributed by atoms with Crippen molar-refractivity contribution in [1.82, 2.24) is 18.8 Å². The molecule has 4 aromatic heterocycles.